The molecule has 2 heterocycles. The molecule has 132 valence electrons. The highest BCUT2D eigenvalue weighted by Crippen LogP contribution is 2.15. The summed E-state index contributed by atoms with van der Waals surface area (Å²) in [6.07, 6.45) is 3.60. The molecule has 1 aromatic carbocycles. The largest absolute Gasteiger partial charge is 0.368 e. The molecule has 7 nitrogen and oxygen atoms in total. The highest BCUT2D eigenvalue weighted by Gasteiger charge is 2.32. The first-order valence-corrected chi connectivity index (χ1v) is 8.02. The van der Waals surface area contributed by atoms with Gasteiger partial charge >= 0.3 is 0 Å². The molecule has 3 rings (SSSR count). The Balaban J connectivity index is 1.68. The van der Waals surface area contributed by atoms with Crippen molar-refractivity contribution < 1.29 is 14.0 Å². The van der Waals surface area contributed by atoms with Crippen molar-refractivity contribution in [2.24, 2.45) is 5.73 Å². The number of primary amides is 1. The summed E-state index contributed by atoms with van der Waals surface area (Å²) in [6, 6.07) is 5.46. The lowest BCUT2D eigenvalue weighted by atomic mass is 10.1. The van der Waals surface area contributed by atoms with Crippen molar-refractivity contribution in [1.29, 1.82) is 0 Å². The van der Waals surface area contributed by atoms with Crippen LogP contribution in [0.4, 0.5) is 4.39 Å². The first-order chi connectivity index (χ1) is 11.9. The fourth-order valence-electron chi connectivity index (χ4n) is 3.04. The van der Waals surface area contributed by atoms with Crippen LogP contribution in [0.1, 0.15) is 12.5 Å². The third-order valence-electron chi connectivity index (χ3n) is 4.33. The van der Waals surface area contributed by atoms with E-state index in [1.165, 1.54) is 24.0 Å². The fraction of sp³-hybridized carbons (Fsp3) is 0.353. The monoisotopic (exact) mass is 345 g/mol. The van der Waals surface area contributed by atoms with Crippen molar-refractivity contribution in [3.05, 3.63) is 48.0 Å². The summed E-state index contributed by atoms with van der Waals surface area (Å²) in [5.41, 5.74) is 7.17. The maximum Gasteiger partial charge on any atom is 0.241 e. The Bertz CT molecular complexity index is 774. The first-order valence-electron chi connectivity index (χ1n) is 8.02. The van der Waals surface area contributed by atoms with Gasteiger partial charge in [0.1, 0.15) is 11.9 Å². The number of nitrogens with two attached hydrogens (primary N) is 1. The highest BCUT2D eigenvalue weighted by molar-refractivity contribution is 5.86. The van der Waals surface area contributed by atoms with Gasteiger partial charge < -0.3 is 10.6 Å². The number of aromatic nitrogens is 2. The Morgan fingerprint density at radius 1 is 1.28 bits per heavy atom. The summed E-state index contributed by atoms with van der Waals surface area (Å²) in [7, 11) is 0. The lowest BCUT2D eigenvalue weighted by Gasteiger charge is -2.39. The fourth-order valence-corrected chi connectivity index (χ4v) is 3.04. The van der Waals surface area contributed by atoms with Gasteiger partial charge in [-0.2, -0.15) is 5.10 Å². The molecule has 25 heavy (non-hydrogen) atoms. The normalized spacial score (nSPS) is 18.3. The van der Waals surface area contributed by atoms with Gasteiger partial charge in [-0.1, -0.05) is 0 Å². The molecule has 0 bridgehead atoms. The predicted octanol–water partition coefficient (Wildman–Crippen LogP) is 0.529. The summed E-state index contributed by atoms with van der Waals surface area (Å²) in [4.78, 5) is 26.8. The predicted molar refractivity (Wildman–Crippen MR) is 89.2 cm³/mol. The van der Waals surface area contributed by atoms with E-state index >= 15 is 0 Å². The number of hydrogen-bond acceptors (Lipinski definition) is 4. The van der Waals surface area contributed by atoms with E-state index in [4.69, 9.17) is 5.73 Å². The quantitative estimate of drug-likeness (QED) is 0.876. The van der Waals surface area contributed by atoms with Gasteiger partial charge in [-0.05, 0) is 24.3 Å². The number of benzene rings is 1. The van der Waals surface area contributed by atoms with E-state index in [1.54, 1.807) is 23.0 Å². The molecule has 1 unspecified atom stereocenters. The number of carbonyl (C=O) groups excluding carboxylic acids is 2. The Hall–Kier alpha value is -2.74. The molecule has 2 amide bonds. The van der Waals surface area contributed by atoms with Crippen LogP contribution in [0.2, 0.25) is 0 Å². The molecule has 0 spiro atoms. The molecule has 1 aliphatic heterocycles. The van der Waals surface area contributed by atoms with E-state index < -0.39 is 11.9 Å². The minimum Gasteiger partial charge on any atom is -0.368 e. The van der Waals surface area contributed by atoms with Gasteiger partial charge in [0.15, 0.2) is 0 Å². The average Bonchev–Trinajstić information content (AvgIpc) is 3.03. The van der Waals surface area contributed by atoms with Crippen molar-refractivity contribution in [1.82, 2.24) is 19.6 Å². The second kappa shape index (κ2) is 7.02. The van der Waals surface area contributed by atoms with Crippen LogP contribution in [0.3, 0.4) is 0 Å². The minimum absolute atomic E-state index is 0.146. The van der Waals surface area contributed by atoms with Gasteiger partial charge in [-0.25, -0.2) is 9.07 Å². The van der Waals surface area contributed by atoms with E-state index in [0.717, 1.165) is 11.3 Å². The number of amides is 2. The maximum absolute atomic E-state index is 13.0. The lowest BCUT2D eigenvalue weighted by Crippen LogP contribution is -2.59. The van der Waals surface area contributed by atoms with Crippen LogP contribution >= 0.6 is 0 Å². The van der Waals surface area contributed by atoms with Gasteiger partial charge in [0.05, 0.1) is 11.9 Å². The number of carbonyl (C=O) groups is 2. The molecule has 1 aliphatic rings. The summed E-state index contributed by atoms with van der Waals surface area (Å²) in [6.45, 7) is 3.56. The number of rotatable bonds is 4. The van der Waals surface area contributed by atoms with Crippen LogP contribution in [-0.4, -0.2) is 57.1 Å². The lowest BCUT2D eigenvalue weighted by molar-refractivity contribution is -0.141. The SMILES string of the molecule is CC(=O)N1CCN(Cc2cnn(-c3ccc(F)cc3)c2)CC1C(N)=O. The molecule has 0 aliphatic carbocycles. The number of nitrogens with zero attached hydrogens (tertiary/aromatic N) is 4. The van der Waals surface area contributed by atoms with E-state index in [1.807, 2.05) is 6.20 Å². The van der Waals surface area contributed by atoms with Gasteiger partial charge in [-0.15, -0.1) is 0 Å². The van der Waals surface area contributed by atoms with Crippen molar-refractivity contribution in [3.63, 3.8) is 0 Å². The molecule has 1 saturated heterocycles. The van der Waals surface area contributed by atoms with Crippen LogP contribution < -0.4 is 5.73 Å². The second-order valence-electron chi connectivity index (χ2n) is 6.14. The van der Waals surface area contributed by atoms with Crippen LogP contribution in [-0.2, 0) is 16.1 Å². The van der Waals surface area contributed by atoms with Crippen LogP contribution in [0, 0.1) is 5.82 Å². The van der Waals surface area contributed by atoms with E-state index in [0.29, 0.717) is 26.2 Å². The molecule has 1 atom stereocenters. The van der Waals surface area contributed by atoms with Crippen molar-refractivity contribution in [2.75, 3.05) is 19.6 Å². The van der Waals surface area contributed by atoms with E-state index in [2.05, 4.69) is 10.00 Å². The minimum atomic E-state index is -0.613. The Kier molecular flexibility index (Phi) is 4.80. The first kappa shape index (κ1) is 17.1. The van der Waals surface area contributed by atoms with Gasteiger partial charge in [0.2, 0.25) is 11.8 Å². The zero-order chi connectivity index (χ0) is 18.0. The molecular formula is C17H20FN5O2. The molecule has 8 heteroatoms. The highest BCUT2D eigenvalue weighted by atomic mass is 19.1. The van der Waals surface area contributed by atoms with Crippen molar-refractivity contribution >= 4 is 11.8 Å². The van der Waals surface area contributed by atoms with Crippen LogP contribution in [0.25, 0.3) is 5.69 Å². The zero-order valence-corrected chi connectivity index (χ0v) is 13.9. The maximum atomic E-state index is 13.0. The third kappa shape index (κ3) is 3.85. The topological polar surface area (TPSA) is 84.5 Å². The summed E-state index contributed by atoms with van der Waals surface area (Å²) in [5, 5.41) is 4.29. The van der Waals surface area contributed by atoms with Gasteiger partial charge in [0, 0.05) is 44.9 Å². The summed E-state index contributed by atoms with van der Waals surface area (Å²) in [5.74, 6) is -0.938. The van der Waals surface area contributed by atoms with Gasteiger partial charge in [-0.3, -0.25) is 14.5 Å². The van der Waals surface area contributed by atoms with E-state index in [9.17, 15) is 14.0 Å². The summed E-state index contributed by atoms with van der Waals surface area (Å²) < 4.78 is 14.7. The number of piperazine rings is 1. The Morgan fingerprint density at radius 2 is 2.00 bits per heavy atom. The summed E-state index contributed by atoms with van der Waals surface area (Å²) >= 11 is 0. The molecule has 0 radical (unpaired) electrons. The van der Waals surface area contributed by atoms with Crippen LogP contribution in [0.5, 0.6) is 0 Å². The molecule has 0 saturated carbocycles. The Labute approximate surface area is 144 Å². The number of halogens is 1. The molecule has 1 aromatic heterocycles. The molecule has 2 aromatic rings. The smallest absolute Gasteiger partial charge is 0.241 e. The standard InChI is InChI=1S/C17H20FN5O2/c1-12(24)22-7-6-21(11-16(22)17(19)25)9-13-8-20-23(10-13)15-4-2-14(18)3-5-15/h2-5,8,10,16H,6-7,9,11H2,1H3,(H2,19,25). The number of hydrogen-bond donors (Lipinski definition) is 1. The van der Waals surface area contributed by atoms with Crippen LogP contribution in [0.15, 0.2) is 36.7 Å². The molecule has 1 fully saturated rings. The zero-order valence-electron chi connectivity index (χ0n) is 13.9. The van der Waals surface area contributed by atoms with E-state index in [-0.39, 0.29) is 11.7 Å². The molecular weight excluding hydrogens is 325 g/mol. The van der Waals surface area contributed by atoms with Crippen molar-refractivity contribution in [3.8, 4) is 5.69 Å². The third-order valence-corrected chi connectivity index (χ3v) is 4.33. The Morgan fingerprint density at radius 3 is 2.64 bits per heavy atom. The van der Waals surface area contributed by atoms with Crippen molar-refractivity contribution in [2.45, 2.75) is 19.5 Å². The van der Waals surface area contributed by atoms with Gasteiger partial charge in [0.25, 0.3) is 0 Å². The average molecular weight is 345 g/mol. The molecule has 2 N–H and O–H groups in total. The second-order valence-corrected chi connectivity index (χ2v) is 6.14.